The minimum atomic E-state index is -1.00. The predicted molar refractivity (Wildman–Crippen MR) is 92.6 cm³/mol. The summed E-state index contributed by atoms with van der Waals surface area (Å²) in [6.07, 6.45) is -3.51. The zero-order valence-corrected chi connectivity index (χ0v) is 16.1. The van der Waals surface area contributed by atoms with Crippen molar-refractivity contribution in [1.29, 1.82) is 0 Å². The molecule has 3 heterocycles. The van der Waals surface area contributed by atoms with Crippen molar-refractivity contribution in [3.05, 3.63) is 29.0 Å². The highest BCUT2D eigenvalue weighted by Gasteiger charge is 2.62. The van der Waals surface area contributed by atoms with Crippen LogP contribution in [0.5, 0.6) is 0 Å². The van der Waals surface area contributed by atoms with E-state index in [0.29, 0.717) is 5.69 Å². The van der Waals surface area contributed by atoms with Gasteiger partial charge in [-0.3, -0.25) is 4.79 Å². The monoisotopic (exact) mass is 401 g/mol. The Labute approximate surface area is 161 Å². The van der Waals surface area contributed by atoms with E-state index in [0.717, 1.165) is 0 Å². The van der Waals surface area contributed by atoms with Crippen LogP contribution in [0.1, 0.15) is 27.7 Å². The Morgan fingerprint density at radius 3 is 2.37 bits per heavy atom. The highest BCUT2D eigenvalue weighted by molar-refractivity contribution is 6.31. The van der Waals surface area contributed by atoms with Crippen molar-refractivity contribution in [3.8, 4) is 0 Å². The van der Waals surface area contributed by atoms with Gasteiger partial charge in [-0.25, -0.2) is 4.39 Å². The Bertz CT molecular complexity index is 772. The summed E-state index contributed by atoms with van der Waals surface area (Å²) in [5.74, 6) is -2.81. The molecule has 0 bridgehead atoms. The number of amides is 1. The van der Waals surface area contributed by atoms with E-state index in [1.54, 1.807) is 27.7 Å². The first-order valence-corrected chi connectivity index (χ1v) is 9.05. The number of halogens is 2. The maximum atomic E-state index is 13.3. The van der Waals surface area contributed by atoms with Gasteiger partial charge in [-0.2, -0.15) is 0 Å². The van der Waals surface area contributed by atoms with Crippen LogP contribution in [0.2, 0.25) is 5.02 Å². The molecule has 0 aliphatic carbocycles. The molecular formula is C18H21ClFNO6. The van der Waals surface area contributed by atoms with Crippen molar-refractivity contribution in [2.24, 2.45) is 0 Å². The molecule has 0 saturated carbocycles. The molecule has 0 radical (unpaired) electrons. The largest absolute Gasteiger partial charge is 0.342 e. The molecule has 1 aromatic carbocycles. The zero-order valence-electron chi connectivity index (χ0n) is 15.3. The summed E-state index contributed by atoms with van der Waals surface area (Å²) in [4.78, 5) is 12.9. The molecule has 4 rings (SSSR count). The van der Waals surface area contributed by atoms with Crippen molar-refractivity contribution >= 4 is 23.2 Å². The van der Waals surface area contributed by atoms with E-state index in [1.807, 2.05) is 0 Å². The van der Waals surface area contributed by atoms with Crippen LogP contribution in [0.25, 0.3) is 0 Å². The van der Waals surface area contributed by atoms with Gasteiger partial charge in [-0.1, -0.05) is 11.6 Å². The van der Waals surface area contributed by atoms with Crippen molar-refractivity contribution in [1.82, 2.24) is 0 Å². The van der Waals surface area contributed by atoms with Crippen LogP contribution in [-0.2, 0) is 28.5 Å². The Kier molecular flexibility index (Phi) is 4.49. The summed E-state index contributed by atoms with van der Waals surface area (Å²) >= 11 is 5.78. The summed E-state index contributed by atoms with van der Waals surface area (Å²) in [6, 6.07) is 3.91. The maximum absolute atomic E-state index is 13.3. The van der Waals surface area contributed by atoms with Gasteiger partial charge in [0.2, 0.25) is 0 Å². The molecule has 9 heteroatoms. The normalized spacial score (nSPS) is 36.1. The van der Waals surface area contributed by atoms with Gasteiger partial charge in [0.05, 0.1) is 5.02 Å². The number of fused-ring (bicyclic) bond motifs is 3. The highest BCUT2D eigenvalue weighted by Crippen LogP contribution is 2.44. The number of nitrogens with one attached hydrogen (secondary N) is 1. The summed E-state index contributed by atoms with van der Waals surface area (Å²) in [5, 5.41) is 2.58. The van der Waals surface area contributed by atoms with E-state index in [2.05, 4.69) is 5.32 Å². The second kappa shape index (κ2) is 6.37. The lowest BCUT2D eigenvalue weighted by molar-refractivity contribution is -0.229. The van der Waals surface area contributed by atoms with E-state index in [1.165, 1.54) is 18.2 Å². The molecule has 7 nitrogen and oxygen atoms in total. The topological polar surface area (TPSA) is 75.3 Å². The van der Waals surface area contributed by atoms with Crippen molar-refractivity contribution in [2.45, 2.75) is 70.0 Å². The van der Waals surface area contributed by atoms with E-state index >= 15 is 0 Å². The molecule has 1 N–H and O–H groups in total. The number of carbonyl (C=O) groups excluding carboxylic acids is 1. The first-order chi connectivity index (χ1) is 12.5. The third-order valence-electron chi connectivity index (χ3n) is 4.60. The molecule has 3 aliphatic heterocycles. The molecule has 148 valence electrons. The van der Waals surface area contributed by atoms with E-state index < -0.39 is 54.0 Å². The molecule has 0 unspecified atom stereocenters. The van der Waals surface area contributed by atoms with Gasteiger partial charge in [0.15, 0.2) is 24.0 Å². The summed E-state index contributed by atoms with van der Waals surface area (Å²) in [7, 11) is 0. The van der Waals surface area contributed by atoms with E-state index in [4.69, 9.17) is 35.3 Å². The average molecular weight is 402 g/mol. The van der Waals surface area contributed by atoms with Gasteiger partial charge >= 0.3 is 0 Å². The lowest BCUT2D eigenvalue weighted by atomic mass is 9.98. The number of benzene rings is 1. The molecule has 0 aromatic heterocycles. The van der Waals surface area contributed by atoms with Gasteiger partial charge in [0, 0.05) is 5.69 Å². The van der Waals surface area contributed by atoms with Crippen LogP contribution in [0, 0.1) is 5.82 Å². The standard InChI is InChI=1S/C18H21ClFNO6/c1-17(2)24-11-12(25-17)14-16(27-18(3,4)26-14)23-13(11)15(22)21-8-5-6-10(20)9(19)7-8/h5-7,11-14,16H,1-4H3,(H,21,22)/t11-,12+,13+,14-,16-/m1/s1. The fourth-order valence-corrected chi connectivity index (χ4v) is 3.79. The number of carbonyl (C=O) groups is 1. The van der Waals surface area contributed by atoms with E-state index in [-0.39, 0.29) is 5.02 Å². The fraction of sp³-hybridized carbons (Fsp3) is 0.611. The van der Waals surface area contributed by atoms with Crippen LogP contribution in [-0.4, -0.2) is 48.2 Å². The molecule has 5 atom stereocenters. The van der Waals surface area contributed by atoms with Gasteiger partial charge in [-0.05, 0) is 45.9 Å². The third kappa shape index (κ3) is 3.57. The van der Waals surface area contributed by atoms with Crippen LogP contribution < -0.4 is 5.32 Å². The lowest BCUT2D eigenvalue weighted by Crippen LogP contribution is -2.58. The average Bonchev–Trinajstić information content (AvgIpc) is 3.04. The summed E-state index contributed by atoms with van der Waals surface area (Å²) < 4.78 is 42.7. The van der Waals surface area contributed by atoms with Crippen molar-refractivity contribution in [3.63, 3.8) is 0 Å². The smallest absolute Gasteiger partial charge is 0.256 e. The minimum Gasteiger partial charge on any atom is -0.342 e. The summed E-state index contributed by atoms with van der Waals surface area (Å²) in [6.45, 7) is 7.05. The quantitative estimate of drug-likeness (QED) is 0.821. The Morgan fingerprint density at radius 1 is 1.04 bits per heavy atom. The number of anilines is 1. The molecule has 1 amide bonds. The second-order valence-electron chi connectivity index (χ2n) is 7.71. The highest BCUT2D eigenvalue weighted by atomic mass is 35.5. The predicted octanol–water partition coefficient (Wildman–Crippen LogP) is 2.81. The Hall–Kier alpha value is -1.29. The first kappa shape index (κ1) is 19.0. The molecule has 27 heavy (non-hydrogen) atoms. The van der Waals surface area contributed by atoms with Crippen LogP contribution in [0.15, 0.2) is 18.2 Å². The van der Waals surface area contributed by atoms with Crippen LogP contribution in [0.3, 0.4) is 0 Å². The molecule has 3 aliphatic rings. The number of hydrogen-bond donors (Lipinski definition) is 1. The lowest BCUT2D eigenvalue weighted by Gasteiger charge is -2.36. The minimum absolute atomic E-state index is 0.0915. The molecule has 1 aromatic rings. The number of ether oxygens (including phenoxy) is 5. The van der Waals surface area contributed by atoms with Crippen molar-refractivity contribution < 1.29 is 32.9 Å². The maximum Gasteiger partial charge on any atom is 0.256 e. The fourth-order valence-electron chi connectivity index (χ4n) is 3.61. The molecule has 0 spiro atoms. The van der Waals surface area contributed by atoms with Gasteiger partial charge in [0.1, 0.15) is 24.1 Å². The van der Waals surface area contributed by atoms with Crippen LogP contribution >= 0.6 is 11.6 Å². The Morgan fingerprint density at radius 2 is 1.67 bits per heavy atom. The second-order valence-corrected chi connectivity index (χ2v) is 8.12. The van der Waals surface area contributed by atoms with Crippen LogP contribution in [0.4, 0.5) is 10.1 Å². The van der Waals surface area contributed by atoms with E-state index in [9.17, 15) is 9.18 Å². The number of rotatable bonds is 2. The SMILES string of the molecule is CC1(C)O[C@H]2[C@@H](O1)[C@@H](C(=O)Nc1ccc(F)c(Cl)c1)O[C@@H]1OC(C)(C)O[C@@H]12. The van der Waals surface area contributed by atoms with Gasteiger partial charge < -0.3 is 29.0 Å². The molecule has 3 saturated heterocycles. The van der Waals surface area contributed by atoms with Crippen molar-refractivity contribution in [2.75, 3.05) is 5.32 Å². The zero-order chi connectivity index (χ0) is 19.6. The first-order valence-electron chi connectivity index (χ1n) is 8.67. The van der Waals surface area contributed by atoms with Gasteiger partial charge in [-0.15, -0.1) is 0 Å². The third-order valence-corrected chi connectivity index (χ3v) is 4.89. The molecular weight excluding hydrogens is 381 g/mol. The molecule has 3 fully saturated rings. The summed E-state index contributed by atoms with van der Waals surface area (Å²) in [5.41, 5.74) is 0.343. The Balaban J connectivity index is 1.57. The van der Waals surface area contributed by atoms with Gasteiger partial charge in [0.25, 0.3) is 5.91 Å². The number of hydrogen-bond acceptors (Lipinski definition) is 6.